The van der Waals surface area contributed by atoms with Crippen molar-refractivity contribution in [1.82, 2.24) is 5.32 Å². The van der Waals surface area contributed by atoms with Gasteiger partial charge in [0.15, 0.2) is 0 Å². The van der Waals surface area contributed by atoms with Crippen molar-refractivity contribution in [2.24, 2.45) is 11.8 Å². The molecule has 2 aromatic carbocycles. The first-order chi connectivity index (χ1) is 13.5. The van der Waals surface area contributed by atoms with Crippen LogP contribution in [0.15, 0.2) is 42.5 Å². The molecule has 0 bridgehead atoms. The summed E-state index contributed by atoms with van der Waals surface area (Å²) in [5.41, 5.74) is 1.08. The molecule has 0 aliphatic heterocycles. The third-order valence-corrected chi connectivity index (χ3v) is 4.78. The number of rotatable bonds is 8. The smallest absolute Gasteiger partial charge is 0.228 e. The largest absolute Gasteiger partial charge is 0.497 e. The number of hydrogen-bond donors (Lipinski definition) is 2. The minimum Gasteiger partial charge on any atom is -0.497 e. The zero-order chi connectivity index (χ0) is 20.1. The molecule has 2 amide bonds. The molecule has 0 saturated heterocycles. The number of methoxy groups -OCH3 is 2. The van der Waals surface area contributed by atoms with Gasteiger partial charge in [0, 0.05) is 12.6 Å². The molecule has 0 spiro atoms. The number of carbonyl (C=O) groups excluding carboxylic acids is 2. The van der Waals surface area contributed by atoms with Gasteiger partial charge >= 0.3 is 0 Å². The van der Waals surface area contributed by atoms with Gasteiger partial charge in [0.1, 0.15) is 17.3 Å². The summed E-state index contributed by atoms with van der Waals surface area (Å²) in [5, 5.41) is 5.58. The van der Waals surface area contributed by atoms with Crippen LogP contribution in [0.4, 0.5) is 10.1 Å². The molecule has 2 atom stereocenters. The maximum absolute atomic E-state index is 13.6. The lowest BCUT2D eigenvalue weighted by Gasteiger charge is -2.11. The van der Waals surface area contributed by atoms with Gasteiger partial charge in [-0.25, -0.2) is 4.39 Å². The van der Waals surface area contributed by atoms with Crippen molar-refractivity contribution in [2.75, 3.05) is 26.1 Å². The number of carbonyl (C=O) groups is 2. The topological polar surface area (TPSA) is 76.7 Å². The highest BCUT2D eigenvalue weighted by Gasteiger charge is 2.48. The van der Waals surface area contributed by atoms with E-state index < -0.39 is 0 Å². The minimum absolute atomic E-state index is 0.182. The summed E-state index contributed by atoms with van der Waals surface area (Å²) >= 11 is 0. The average molecular weight is 386 g/mol. The van der Waals surface area contributed by atoms with E-state index in [1.807, 2.05) is 0 Å². The van der Waals surface area contributed by atoms with Crippen LogP contribution in [-0.2, 0) is 16.0 Å². The number of nitrogens with one attached hydrogen (secondary N) is 2. The van der Waals surface area contributed by atoms with Gasteiger partial charge in [0.05, 0.1) is 31.7 Å². The van der Waals surface area contributed by atoms with Gasteiger partial charge in [-0.05, 0) is 36.6 Å². The molecule has 0 heterocycles. The van der Waals surface area contributed by atoms with Gasteiger partial charge < -0.3 is 20.1 Å². The average Bonchev–Trinajstić information content (AvgIpc) is 3.51. The van der Waals surface area contributed by atoms with E-state index >= 15 is 0 Å². The molecule has 148 valence electrons. The summed E-state index contributed by atoms with van der Waals surface area (Å²) in [4.78, 5) is 24.7. The fraction of sp³-hybridized carbons (Fsp3) is 0.333. The number of anilines is 1. The first kappa shape index (κ1) is 19.7. The normalized spacial score (nSPS) is 17.5. The zero-order valence-electron chi connectivity index (χ0n) is 15.8. The molecule has 1 aliphatic rings. The van der Waals surface area contributed by atoms with Crippen molar-refractivity contribution in [2.45, 2.75) is 12.8 Å². The molecule has 28 heavy (non-hydrogen) atoms. The number of benzene rings is 2. The van der Waals surface area contributed by atoms with Crippen molar-refractivity contribution >= 4 is 17.5 Å². The van der Waals surface area contributed by atoms with Crippen molar-refractivity contribution in [3.8, 4) is 11.5 Å². The highest BCUT2D eigenvalue weighted by atomic mass is 19.1. The molecule has 7 heteroatoms. The molecule has 2 unspecified atom stereocenters. The van der Waals surface area contributed by atoms with E-state index in [-0.39, 0.29) is 29.5 Å². The van der Waals surface area contributed by atoms with Crippen molar-refractivity contribution in [1.29, 1.82) is 0 Å². The Kier molecular flexibility index (Phi) is 6.13. The Labute approximate surface area is 163 Å². The molecule has 3 rings (SSSR count). The van der Waals surface area contributed by atoms with Crippen LogP contribution in [0.5, 0.6) is 11.5 Å². The van der Waals surface area contributed by atoms with E-state index in [0.717, 1.165) is 0 Å². The van der Waals surface area contributed by atoms with Crippen LogP contribution in [0.1, 0.15) is 12.0 Å². The van der Waals surface area contributed by atoms with E-state index in [1.54, 1.807) is 43.5 Å². The standard InChI is InChI=1S/C21H23FN2O4/c1-27-14-7-8-18(19(11-14)28-2)24-21(26)16-12-15(16)20(25)23-10-9-13-5-3-4-6-17(13)22/h3-8,11,15-16H,9-10,12H2,1-2H3,(H,23,25)(H,24,26). The van der Waals surface area contributed by atoms with Crippen molar-refractivity contribution in [3.05, 3.63) is 53.8 Å². The summed E-state index contributed by atoms with van der Waals surface area (Å²) < 4.78 is 24.0. The summed E-state index contributed by atoms with van der Waals surface area (Å²) in [6.45, 7) is 0.330. The predicted octanol–water partition coefficient (Wildman–Crippen LogP) is 2.78. The van der Waals surface area contributed by atoms with Crippen molar-refractivity contribution in [3.63, 3.8) is 0 Å². The molecule has 2 aromatic rings. The van der Waals surface area contributed by atoms with Crippen LogP contribution in [-0.4, -0.2) is 32.6 Å². The molecule has 0 aromatic heterocycles. The van der Waals surface area contributed by atoms with Gasteiger partial charge in [-0.15, -0.1) is 0 Å². The Hall–Kier alpha value is -3.09. The number of halogens is 1. The second kappa shape index (κ2) is 8.73. The Bertz CT molecular complexity index is 871. The fourth-order valence-electron chi connectivity index (χ4n) is 3.05. The van der Waals surface area contributed by atoms with Gasteiger partial charge in [0.25, 0.3) is 0 Å². The molecular formula is C21H23FN2O4. The SMILES string of the molecule is COc1ccc(NC(=O)C2CC2C(=O)NCCc2ccccc2F)c(OC)c1. The number of hydrogen-bond acceptors (Lipinski definition) is 4. The molecule has 1 fully saturated rings. The zero-order valence-corrected chi connectivity index (χ0v) is 15.8. The molecule has 6 nitrogen and oxygen atoms in total. The van der Waals surface area contributed by atoms with Gasteiger partial charge in [-0.2, -0.15) is 0 Å². The van der Waals surface area contributed by atoms with E-state index in [1.165, 1.54) is 13.2 Å². The highest BCUT2D eigenvalue weighted by molar-refractivity contribution is 6.00. The lowest BCUT2D eigenvalue weighted by atomic mass is 10.1. The van der Waals surface area contributed by atoms with E-state index in [4.69, 9.17) is 9.47 Å². The van der Waals surface area contributed by atoms with Crippen LogP contribution >= 0.6 is 0 Å². The van der Waals surface area contributed by atoms with E-state index in [2.05, 4.69) is 10.6 Å². The Morgan fingerprint density at radius 3 is 2.54 bits per heavy atom. The van der Waals surface area contributed by atoms with Gasteiger partial charge in [-0.3, -0.25) is 9.59 Å². The van der Waals surface area contributed by atoms with Gasteiger partial charge in [-0.1, -0.05) is 18.2 Å². The fourth-order valence-corrected chi connectivity index (χ4v) is 3.05. The Balaban J connectivity index is 1.48. The first-order valence-electron chi connectivity index (χ1n) is 9.07. The van der Waals surface area contributed by atoms with Crippen LogP contribution < -0.4 is 20.1 Å². The number of amides is 2. The molecule has 1 saturated carbocycles. The van der Waals surface area contributed by atoms with Crippen LogP contribution in [0.2, 0.25) is 0 Å². The maximum Gasteiger partial charge on any atom is 0.228 e. The Morgan fingerprint density at radius 2 is 1.82 bits per heavy atom. The highest BCUT2D eigenvalue weighted by Crippen LogP contribution is 2.40. The van der Waals surface area contributed by atoms with E-state index in [9.17, 15) is 14.0 Å². The predicted molar refractivity (Wildman–Crippen MR) is 103 cm³/mol. The monoisotopic (exact) mass is 386 g/mol. The Morgan fingerprint density at radius 1 is 1.07 bits per heavy atom. The lowest BCUT2D eigenvalue weighted by molar-refractivity contribution is -0.125. The van der Waals surface area contributed by atoms with E-state index in [0.29, 0.717) is 42.1 Å². The third kappa shape index (κ3) is 4.60. The summed E-state index contributed by atoms with van der Waals surface area (Å²) in [6.07, 6.45) is 0.904. The number of ether oxygens (including phenoxy) is 2. The molecular weight excluding hydrogens is 363 g/mol. The third-order valence-electron chi connectivity index (χ3n) is 4.78. The summed E-state index contributed by atoms with van der Waals surface area (Å²) in [5.74, 6) is -0.317. The van der Waals surface area contributed by atoms with Gasteiger partial charge in [0.2, 0.25) is 11.8 Å². The van der Waals surface area contributed by atoms with Crippen LogP contribution in [0.25, 0.3) is 0 Å². The van der Waals surface area contributed by atoms with Crippen LogP contribution in [0.3, 0.4) is 0 Å². The second-order valence-corrected chi connectivity index (χ2v) is 6.64. The van der Waals surface area contributed by atoms with Crippen LogP contribution in [0, 0.1) is 17.7 Å². The summed E-state index contributed by atoms with van der Waals surface area (Å²) in [6, 6.07) is 11.6. The second-order valence-electron chi connectivity index (χ2n) is 6.64. The molecule has 2 N–H and O–H groups in total. The molecule has 0 radical (unpaired) electrons. The van der Waals surface area contributed by atoms with Crippen molar-refractivity contribution < 1.29 is 23.5 Å². The lowest BCUT2D eigenvalue weighted by Crippen LogP contribution is -2.29. The quantitative estimate of drug-likeness (QED) is 0.732. The summed E-state index contributed by atoms with van der Waals surface area (Å²) in [7, 11) is 3.06. The molecule has 1 aliphatic carbocycles. The minimum atomic E-state index is -0.375. The first-order valence-corrected chi connectivity index (χ1v) is 9.07. The maximum atomic E-state index is 13.6.